The van der Waals surface area contributed by atoms with Gasteiger partial charge in [-0.25, -0.2) is 8.42 Å². The average molecular weight is 477 g/mol. The Kier molecular flexibility index (Phi) is 6.02. The van der Waals surface area contributed by atoms with Gasteiger partial charge < -0.3 is 10.4 Å². The molecule has 6 nitrogen and oxygen atoms in total. The summed E-state index contributed by atoms with van der Waals surface area (Å²) in [6.45, 7) is 0.267. The van der Waals surface area contributed by atoms with E-state index in [2.05, 4.69) is 5.32 Å². The lowest BCUT2D eigenvalue weighted by Crippen LogP contribution is -2.37. The molecule has 2 aliphatic rings. The van der Waals surface area contributed by atoms with Gasteiger partial charge in [0.2, 0.25) is 15.9 Å². The van der Waals surface area contributed by atoms with Crippen LogP contribution in [0.4, 0.5) is 5.69 Å². The highest BCUT2D eigenvalue weighted by Crippen LogP contribution is 2.49. The third kappa shape index (κ3) is 4.15. The number of nitrogens with zero attached hydrogens (tertiary/aromatic N) is 1. The third-order valence-electron chi connectivity index (χ3n) is 6.96. The number of aliphatic hydroxyl groups excluding tert-OH is 1. The van der Waals surface area contributed by atoms with Crippen molar-refractivity contribution < 1.29 is 18.3 Å². The minimum Gasteiger partial charge on any atom is -0.395 e. The van der Waals surface area contributed by atoms with Crippen LogP contribution in [-0.4, -0.2) is 42.9 Å². The predicted molar refractivity (Wildman–Crippen MR) is 132 cm³/mol. The Morgan fingerprint density at radius 1 is 0.971 bits per heavy atom. The molecule has 1 saturated carbocycles. The lowest BCUT2D eigenvalue weighted by atomic mass is 9.95. The summed E-state index contributed by atoms with van der Waals surface area (Å²) in [5.41, 5.74) is 3.06. The quantitative estimate of drug-likeness (QED) is 0.536. The van der Waals surface area contributed by atoms with E-state index in [1.807, 2.05) is 54.6 Å². The summed E-state index contributed by atoms with van der Waals surface area (Å²) in [6, 6.07) is 23.9. The molecule has 1 saturated heterocycles. The van der Waals surface area contributed by atoms with Crippen LogP contribution in [0.15, 0.2) is 83.8 Å². The van der Waals surface area contributed by atoms with Crippen LogP contribution in [0.25, 0.3) is 11.1 Å². The Hall–Kier alpha value is -3.00. The van der Waals surface area contributed by atoms with E-state index in [0.29, 0.717) is 18.7 Å². The van der Waals surface area contributed by atoms with E-state index in [1.54, 1.807) is 24.3 Å². The molecular formula is C27H28N2O4S. The monoisotopic (exact) mass is 476 g/mol. The lowest BCUT2D eigenvalue weighted by Gasteiger charge is -2.22. The number of sulfonamides is 1. The standard InChI is InChI=1S/C27H28N2O4S/c30-19-24-10-5-17-29(24)34(32,33)25-13-11-20(12-14-25)21-6-4-9-23(18-21)28-26(31)27(15-16-27)22-7-2-1-3-8-22/h1-4,6-9,11-14,18,24,30H,5,10,15-17,19H2,(H,28,31)/t24-/m1/s1. The molecule has 1 atom stereocenters. The number of carbonyl (C=O) groups excluding carboxylic acids is 1. The van der Waals surface area contributed by atoms with E-state index in [1.165, 1.54) is 4.31 Å². The van der Waals surface area contributed by atoms with E-state index in [9.17, 15) is 18.3 Å². The summed E-state index contributed by atoms with van der Waals surface area (Å²) in [4.78, 5) is 13.3. The van der Waals surface area contributed by atoms with Crippen molar-refractivity contribution in [2.24, 2.45) is 0 Å². The number of rotatable bonds is 7. The number of nitrogens with one attached hydrogen (secondary N) is 1. The molecule has 3 aromatic carbocycles. The zero-order chi connectivity index (χ0) is 23.8. The van der Waals surface area contributed by atoms with Crippen LogP contribution in [0, 0.1) is 0 Å². The zero-order valence-corrected chi connectivity index (χ0v) is 19.7. The Bertz CT molecular complexity index is 1290. The van der Waals surface area contributed by atoms with Gasteiger partial charge in [-0.3, -0.25) is 4.79 Å². The highest BCUT2D eigenvalue weighted by atomic mass is 32.2. The van der Waals surface area contributed by atoms with E-state index < -0.39 is 15.4 Å². The van der Waals surface area contributed by atoms with Gasteiger partial charge >= 0.3 is 0 Å². The van der Waals surface area contributed by atoms with Gasteiger partial charge in [0.15, 0.2) is 0 Å². The molecule has 0 unspecified atom stereocenters. The Morgan fingerprint density at radius 2 is 1.71 bits per heavy atom. The van der Waals surface area contributed by atoms with Crippen molar-refractivity contribution in [2.45, 2.75) is 42.0 Å². The molecule has 1 heterocycles. The van der Waals surface area contributed by atoms with Crippen molar-refractivity contribution >= 4 is 21.6 Å². The van der Waals surface area contributed by atoms with E-state index in [4.69, 9.17) is 0 Å². The van der Waals surface area contributed by atoms with Crippen LogP contribution >= 0.6 is 0 Å². The van der Waals surface area contributed by atoms with Crippen molar-refractivity contribution in [3.63, 3.8) is 0 Å². The fraction of sp³-hybridized carbons (Fsp3) is 0.296. The Morgan fingerprint density at radius 3 is 2.38 bits per heavy atom. The molecule has 0 aromatic heterocycles. The molecule has 0 spiro atoms. The zero-order valence-electron chi connectivity index (χ0n) is 18.9. The van der Waals surface area contributed by atoms with Crippen LogP contribution in [0.3, 0.4) is 0 Å². The first-order chi connectivity index (χ1) is 16.4. The molecule has 7 heteroatoms. The van der Waals surface area contributed by atoms with Crippen molar-refractivity contribution in [2.75, 3.05) is 18.5 Å². The Balaban J connectivity index is 1.33. The first-order valence-corrected chi connectivity index (χ1v) is 13.1. The van der Waals surface area contributed by atoms with Gasteiger partial charge in [-0.05, 0) is 66.6 Å². The maximum absolute atomic E-state index is 13.1. The second-order valence-electron chi connectivity index (χ2n) is 9.10. The summed E-state index contributed by atoms with van der Waals surface area (Å²) in [7, 11) is -3.64. The molecule has 5 rings (SSSR count). The number of hydrogen-bond donors (Lipinski definition) is 2. The second kappa shape index (κ2) is 8.98. The normalized spacial score (nSPS) is 19.6. The number of carbonyl (C=O) groups is 1. The lowest BCUT2D eigenvalue weighted by molar-refractivity contribution is -0.118. The van der Waals surface area contributed by atoms with E-state index in [-0.39, 0.29) is 23.5 Å². The first-order valence-electron chi connectivity index (χ1n) is 11.6. The van der Waals surface area contributed by atoms with Crippen LogP contribution in [0.2, 0.25) is 0 Å². The molecule has 176 valence electrons. The summed E-state index contributed by atoms with van der Waals surface area (Å²) in [6.07, 6.45) is 3.11. The maximum Gasteiger partial charge on any atom is 0.243 e. The number of aliphatic hydroxyl groups is 1. The molecule has 1 aliphatic heterocycles. The van der Waals surface area contributed by atoms with Gasteiger partial charge in [-0.2, -0.15) is 4.31 Å². The van der Waals surface area contributed by atoms with Crippen molar-refractivity contribution in [3.8, 4) is 11.1 Å². The number of anilines is 1. The largest absolute Gasteiger partial charge is 0.395 e. The fourth-order valence-electron chi connectivity index (χ4n) is 4.82. The third-order valence-corrected chi connectivity index (χ3v) is 8.93. The number of benzene rings is 3. The topological polar surface area (TPSA) is 86.7 Å². The van der Waals surface area contributed by atoms with Crippen LogP contribution in [0.1, 0.15) is 31.2 Å². The van der Waals surface area contributed by atoms with Gasteiger partial charge in [0.1, 0.15) is 0 Å². The predicted octanol–water partition coefficient (Wildman–Crippen LogP) is 4.17. The van der Waals surface area contributed by atoms with Crippen molar-refractivity contribution in [1.29, 1.82) is 0 Å². The van der Waals surface area contributed by atoms with Crippen molar-refractivity contribution in [1.82, 2.24) is 4.31 Å². The molecule has 2 fully saturated rings. The highest BCUT2D eigenvalue weighted by Gasteiger charge is 2.51. The van der Waals surface area contributed by atoms with Gasteiger partial charge in [-0.15, -0.1) is 0 Å². The van der Waals surface area contributed by atoms with Crippen LogP contribution in [0.5, 0.6) is 0 Å². The molecule has 34 heavy (non-hydrogen) atoms. The highest BCUT2D eigenvalue weighted by molar-refractivity contribution is 7.89. The molecule has 3 aromatic rings. The molecule has 2 N–H and O–H groups in total. The number of amides is 1. The summed E-state index contributed by atoms with van der Waals surface area (Å²) in [5, 5.41) is 12.6. The molecule has 1 amide bonds. The molecule has 0 radical (unpaired) electrons. The average Bonchev–Trinajstić information content (AvgIpc) is 3.54. The molecule has 0 bridgehead atoms. The van der Waals surface area contributed by atoms with Gasteiger partial charge in [0, 0.05) is 18.3 Å². The van der Waals surface area contributed by atoms with E-state index in [0.717, 1.165) is 36.0 Å². The minimum absolute atomic E-state index is 0.00124. The second-order valence-corrected chi connectivity index (χ2v) is 11.0. The smallest absolute Gasteiger partial charge is 0.243 e. The van der Waals surface area contributed by atoms with Crippen molar-refractivity contribution in [3.05, 3.63) is 84.4 Å². The summed E-state index contributed by atoms with van der Waals surface area (Å²) >= 11 is 0. The van der Waals surface area contributed by atoms with Gasteiger partial charge in [0.05, 0.1) is 16.9 Å². The van der Waals surface area contributed by atoms with Crippen LogP contribution < -0.4 is 5.32 Å². The fourth-order valence-corrected chi connectivity index (χ4v) is 6.50. The van der Waals surface area contributed by atoms with Gasteiger partial charge in [-0.1, -0.05) is 54.6 Å². The van der Waals surface area contributed by atoms with E-state index >= 15 is 0 Å². The molecule has 1 aliphatic carbocycles. The Labute approximate surface area is 200 Å². The van der Waals surface area contributed by atoms with Gasteiger partial charge in [0.25, 0.3) is 0 Å². The summed E-state index contributed by atoms with van der Waals surface area (Å²) in [5.74, 6) is 0.00124. The van der Waals surface area contributed by atoms with Crippen LogP contribution in [-0.2, 0) is 20.2 Å². The SMILES string of the molecule is O=C(Nc1cccc(-c2ccc(S(=O)(=O)N3CCC[C@@H]3CO)cc2)c1)C1(c2ccccc2)CC1. The molecular weight excluding hydrogens is 448 g/mol. The maximum atomic E-state index is 13.1. The summed E-state index contributed by atoms with van der Waals surface area (Å²) < 4.78 is 27.4. The first kappa shape index (κ1) is 22.8. The number of hydrogen-bond acceptors (Lipinski definition) is 4. The minimum atomic E-state index is -3.64.